The number of aromatic carboxylic acids is 1. The third-order valence-corrected chi connectivity index (χ3v) is 6.90. The number of carbonyl (C=O) groups excluding carboxylic acids is 1. The van der Waals surface area contributed by atoms with Crippen LogP contribution in [0.4, 0.5) is 0 Å². The van der Waals surface area contributed by atoms with Crippen LogP contribution >= 0.6 is 0 Å². The van der Waals surface area contributed by atoms with Gasteiger partial charge in [0.25, 0.3) is 5.91 Å². The SMILES string of the molecule is CC(C)c1cc(C(=O)N2Cc3ccc(C(=O)O)cc3C2)c(OCc2ccccc2)cc1OCc1ccccc1. The molecule has 6 nitrogen and oxygen atoms in total. The number of rotatable bonds is 9. The van der Waals surface area contributed by atoms with E-state index in [1.165, 1.54) is 0 Å². The lowest BCUT2D eigenvalue weighted by Gasteiger charge is -2.22. The highest BCUT2D eigenvalue weighted by atomic mass is 16.5. The number of carboxylic acid groups (broad SMARTS) is 1. The first-order chi connectivity index (χ1) is 18.9. The van der Waals surface area contributed by atoms with Crippen LogP contribution < -0.4 is 9.47 Å². The van der Waals surface area contributed by atoms with Crippen molar-refractivity contribution in [1.29, 1.82) is 0 Å². The molecule has 0 atom stereocenters. The summed E-state index contributed by atoms with van der Waals surface area (Å²) in [6, 6.07) is 28.5. The fraction of sp³-hybridized carbons (Fsp3) is 0.212. The van der Waals surface area contributed by atoms with Crippen molar-refractivity contribution in [3.8, 4) is 11.5 Å². The van der Waals surface area contributed by atoms with Crippen LogP contribution in [0.2, 0.25) is 0 Å². The molecule has 0 unspecified atom stereocenters. The Labute approximate surface area is 228 Å². The Morgan fingerprint density at radius 3 is 1.95 bits per heavy atom. The van der Waals surface area contributed by atoms with E-state index in [1.807, 2.05) is 72.8 Å². The summed E-state index contributed by atoms with van der Waals surface area (Å²) in [4.78, 5) is 27.1. The average molecular weight is 522 g/mol. The zero-order chi connectivity index (χ0) is 27.4. The Hall–Kier alpha value is -4.58. The minimum absolute atomic E-state index is 0.111. The molecule has 1 heterocycles. The van der Waals surface area contributed by atoms with Gasteiger partial charge in [-0.25, -0.2) is 4.79 Å². The highest BCUT2D eigenvalue weighted by Gasteiger charge is 2.29. The van der Waals surface area contributed by atoms with Crippen LogP contribution in [0, 0.1) is 0 Å². The smallest absolute Gasteiger partial charge is 0.335 e. The molecule has 39 heavy (non-hydrogen) atoms. The second-order valence-electron chi connectivity index (χ2n) is 10.0. The zero-order valence-electron chi connectivity index (χ0n) is 22.1. The molecule has 0 fully saturated rings. The van der Waals surface area contributed by atoms with Gasteiger partial charge in [-0.05, 0) is 51.9 Å². The van der Waals surface area contributed by atoms with Gasteiger partial charge < -0.3 is 19.5 Å². The summed E-state index contributed by atoms with van der Waals surface area (Å²) in [5, 5.41) is 9.37. The van der Waals surface area contributed by atoms with Crippen LogP contribution in [0.1, 0.15) is 68.3 Å². The summed E-state index contributed by atoms with van der Waals surface area (Å²) in [5.74, 6) is 0.108. The lowest BCUT2D eigenvalue weighted by molar-refractivity contribution is 0.0696. The van der Waals surface area contributed by atoms with Crippen molar-refractivity contribution < 1.29 is 24.2 Å². The molecule has 0 spiro atoms. The molecule has 1 aliphatic rings. The Kier molecular flexibility index (Phi) is 7.64. The second-order valence-corrected chi connectivity index (χ2v) is 10.0. The summed E-state index contributed by atoms with van der Waals surface area (Å²) < 4.78 is 12.5. The van der Waals surface area contributed by atoms with Crippen molar-refractivity contribution in [2.24, 2.45) is 0 Å². The van der Waals surface area contributed by atoms with E-state index >= 15 is 0 Å². The molecule has 1 N–H and O–H groups in total. The number of carbonyl (C=O) groups is 2. The molecule has 0 bridgehead atoms. The molecule has 4 aromatic rings. The summed E-state index contributed by atoms with van der Waals surface area (Å²) in [7, 11) is 0. The lowest BCUT2D eigenvalue weighted by atomic mass is 9.98. The van der Waals surface area contributed by atoms with E-state index in [9.17, 15) is 14.7 Å². The van der Waals surface area contributed by atoms with Gasteiger partial charge in [0, 0.05) is 19.2 Å². The Bertz CT molecular complexity index is 1480. The van der Waals surface area contributed by atoms with Crippen LogP contribution in [0.3, 0.4) is 0 Å². The molecular formula is C33H31NO5. The van der Waals surface area contributed by atoms with E-state index in [-0.39, 0.29) is 17.4 Å². The first-order valence-electron chi connectivity index (χ1n) is 13.0. The van der Waals surface area contributed by atoms with Crippen molar-refractivity contribution in [3.63, 3.8) is 0 Å². The molecule has 0 saturated carbocycles. The predicted molar refractivity (Wildman–Crippen MR) is 149 cm³/mol. The van der Waals surface area contributed by atoms with Crippen LogP contribution in [0.5, 0.6) is 11.5 Å². The number of amides is 1. The number of hydrogen-bond donors (Lipinski definition) is 1. The summed E-state index contributed by atoms with van der Waals surface area (Å²) in [5.41, 5.74) is 5.45. The van der Waals surface area contributed by atoms with Gasteiger partial charge in [0.1, 0.15) is 24.7 Å². The first-order valence-corrected chi connectivity index (χ1v) is 13.0. The number of fused-ring (bicyclic) bond motifs is 1. The van der Waals surface area contributed by atoms with E-state index in [4.69, 9.17) is 9.47 Å². The van der Waals surface area contributed by atoms with Gasteiger partial charge in [0.15, 0.2) is 0 Å². The maximum Gasteiger partial charge on any atom is 0.335 e. The quantitative estimate of drug-likeness (QED) is 0.261. The van der Waals surface area contributed by atoms with Crippen molar-refractivity contribution in [1.82, 2.24) is 4.90 Å². The summed E-state index contributed by atoms with van der Waals surface area (Å²) in [6.45, 7) is 5.61. The molecule has 1 amide bonds. The maximum absolute atomic E-state index is 13.9. The van der Waals surface area contributed by atoms with Gasteiger partial charge in [0.05, 0.1) is 11.1 Å². The highest BCUT2D eigenvalue weighted by molar-refractivity contribution is 5.98. The van der Waals surface area contributed by atoms with Crippen molar-refractivity contribution >= 4 is 11.9 Å². The Morgan fingerprint density at radius 2 is 1.36 bits per heavy atom. The van der Waals surface area contributed by atoms with E-state index in [1.54, 1.807) is 23.1 Å². The zero-order valence-corrected chi connectivity index (χ0v) is 22.1. The third kappa shape index (κ3) is 5.96. The molecule has 0 aliphatic carbocycles. The molecule has 6 heteroatoms. The third-order valence-electron chi connectivity index (χ3n) is 6.90. The van der Waals surface area contributed by atoms with Crippen LogP contribution in [0.25, 0.3) is 0 Å². The van der Waals surface area contributed by atoms with Crippen molar-refractivity contribution in [2.75, 3.05) is 0 Å². The highest BCUT2D eigenvalue weighted by Crippen LogP contribution is 2.37. The number of benzene rings is 4. The number of ether oxygens (including phenoxy) is 2. The van der Waals surface area contributed by atoms with E-state index in [0.717, 1.165) is 27.8 Å². The predicted octanol–water partition coefficient (Wildman–Crippen LogP) is 6.82. The first kappa shape index (κ1) is 26.0. The fourth-order valence-corrected chi connectivity index (χ4v) is 4.75. The van der Waals surface area contributed by atoms with Gasteiger partial charge in [-0.2, -0.15) is 0 Å². The molecule has 0 saturated heterocycles. The standard InChI is InChI=1S/C33H31NO5/c1-22(2)28-16-29(32(35)34-18-26-14-13-25(33(36)37)15-27(26)19-34)31(39-21-24-11-7-4-8-12-24)17-30(28)38-20-23-9-5-3-6-10-23/h3-17,22H,18-21H2,1-2H3,(H,36,37). The Balaban J connectivity index is 1.47. The van der Waals surface area contributed by atoms with E-state index < -0.39 is 5.97 Å². The van der Waals surface area contributed by atoms with Crippen molar-refractivity contribution in [2.45, 2.75) is 46.1 Å². The normalized spacial score (nSPS) is 12.3. The van der Waals surface area contributed by atoms with Gasteiger partial charge >= 0.3 is 5.97 Å². The van der Waals surface area contributed by atoms with Crippen LogP contribution in [0.15, 0.2) is 91.0 Å². The van der Waals surface area contributed by atoms with Gasteiger partial charge in [-0.3, -0.25) is 4.79 Å². The number of carboxylic acids is 1. The largest absolute Gasteiger partial charge is 0.488 e. The lowest BCUT2D eigenvalue weighted by Crippen LogP contribution is -2.26. The van der Waals surface area contributed by atoms with Crippen molar-refractivity contribution in [3.05, 3.63) is 130 Å². The average Bonchev–Trinajstić information content (AvgIpc) is 3.39. The van der Waals surface area contributed by atoms with E-state index in [0.29, 0.717) is 43.4 Å². The fourth-order valence-electron chi connectivity index (χ4n) is 4.75. The van der Waals surface area contributed by atoms with Crippen LogP contribution in [-0.4, -0.2) is 21.9 Å². The van der Waals surface area contributed by atoms with Gasteiger partial charge in [-0.1, -0.05) is 80.6 Å². The van der Waals surface area contributed by atoms with Gasteiger partial charge in [0.2, 0.25) is 0 Å². The molecule has 0 radical (unpaired) electrons. The molecule has 4 aromatic carbocycles. The van der Waals surface area contributed by atoms with Crippen LogP contribution in [-0.2, 0) is 26.3 Å². The van der Waals surface area contributed by atoms with Gasteiger partial charge in [-0.15, -0.1) is 0 Å². The Morgan fingerprint density at radius 1 is 0.769 bits per heavy atom. The minimum Gasteiger partial charge on any atom is -0.488 e. The molecule has 1 aliphatic heterocycles. The number of nitrogens with zero attached hydrogens (tertiary/aromatic N) is 1. The molecule has 198 valence electrons. The number of hydrogen-bond acceptors (Lipinski definition) is 4. The maximum atomic E-state index is 13.9. The summed E-state index contributed by atoms with van der Waals surface area (Å²) >= 11 is 0. The summed E-state index contributed by atoms with van der Waals surface area (Å²) in [6.07, 6.45) is 0. The topological polar surface area (TPSA) is 76.1 Å². The van der Waals surface area contributed by atoms with E-state index in [2.05, 4.69) is 13.8 Å². The minimum atomic E-state index is -0.980. The second kappa shape index (κ2) is 11.4. The molecular weight excluding hydrogens is 490 g/mol. The monoisotopic (exact) mass is 521 g/mol. The molecule has 5 rings (SSSR count). The molecule has 0 aromatic heterocycles.